The highest BCUT2D eigenvalue weighted by atomic mass is 35.5. The van der Waals surface area contributed by atoms with Gasteiger partial charge in [0.2, 0.25) is 5.91 Å². The van der Waals surface area contributed by atoms with Gasteiger partial charge in [-0.1, -0.05) is 29.8 Å². The lowest BCUT2D eigenvalue weighted by atomic mass is 9.79. The maximum absolute atomic E-state index is 13.3. The number of benzene rings is 1. The fraction of sp³-hybridized carbons (Fsp3) is 0.560. The second-order valence-corrected chi connectivity index (χ2v) is 10.1. The molecule has 3 aliphatic rings. The number of fused-ring (bicyclic) bond motifs is 2. The summed E-state index contributed by atoms with van der Waals surface area (Å²) in [5.41, 5.74) is 2.01. The second-order valence-electron chi connectivity index (χ2n) is 9.71. The molecule has 1 aromatic carbocycles. The minimum absolute atomic E-state index is 0.000338. The number of carbonyl (C=O) groups excluding carboxylic acids is 2. The molecular weight excluding hydrogens is 438 g/mol. The largest absolute Gasteiger partial charge is 0.343 e. The van der Waals surface area contributed by atoms with Crippen molar-refractivity contribution in [2.75, 3.05) is 32.7 Å². The minimum Gasteiger partial charge on any atom is -0.343 e. The summed E-state index contributed by atoms with van der Waals surface area (Å²) in [6.07, 6.45) is 5.95. The van der Waals surface area contributed by atoms with E-state index in [0.29, 0.717) is 46.6 Å². The first-order valence-corrected chi connectivity index (χ1v) is 12.6. The number of halogens is 1. The van der Waals surface area contributed by atoms with Crippen LogP contribution in [0.3, 0.4) is 0 Å². The zero-order chi connectivity index (χ0) is 22.8. The molecular formula is C25H32ClN5O2. The number of likely N-dealkylation sites (tertiary alicyclic amines) is 2. The predicted octanol–water partition coefficient (Wildman–Crippen LogP) is 3.57. The summed E-state index contributed by atoms with van der Waals surface area (Å²) in [4.78, 5) is 29.6. The smallest absolute Gasteiger partial charge is 0.271 e. The van der Waals surface area contributed by atoms with E-state index in [9.17, 15) is 9.59 Å². The maximum Gasteiger partial charge on any atom is 0.271 e. The molecule has 8 heteroatoms. The molecule has 3 aliphatic heterocycles. The first-order chi connectivity index (χ1) is 16.1. The molecule has 1 aromatic heterocycles. The number of nitrogens with zero attached hydrogens (tertiary/aromatic N) is 3. The molecule has 33 heavy (non-hydrogen) atoms. The van der Waals surface area contributed by atoms with E-state index in [1.165, 1.54) is 0 Å². The monoisotopic (exact) mass is 469 g/mol. The van der Waals surface area contributed by atoms with Crippen LogP contribution >= 0.6 is 11.6 Å². The zero-order valence-corrected chi connectivity index (χ0v) is 19.7. The van der Waals surface area contributed by atoms with Gasteiger partial charge in [0.15, 0.2) is 0 Å². The van der Waals surface area contributed by atoms with E-state index in [1.807, 2.05) is 34.1 Å². The fourth-order valence-corrected chi connectivity index (χ4v) is 5.91. The topological polar surface area (TPSA) is 81.3 Å². The van der Waals surface area contributed by atoms with Gasteiger partial charge in [-0.3, -0.25) is 14.7 Å². The molecule has 176 valence electrons. The van der Waals surface area contributed by atoms with E-state index in [2.05, 4.69) is 15.5 Å². The van der Waals surface area contributed by atoms with Crippen LogP contribution in [0.1, 0.15) is 49.0 Å². The first-order valence-electron chi connectivity index (χ1n) is 12.2. The molecule has 0 spiro atoms. The molecule has 0 saturated carbocycles. The van der Waals surface area contributed by atoms with E-state index in [1.54, 1.807) is 6.07 Å². The molecule has 2 unspecified atom stereocenters. The third kappa shape index (κ3) is 4.94. The number of H-pyrrole nitrogens is 1. The highest BCUT2D eigenvalue weighted by Gasteiger charge is 2.38. The Bertz CT molecular complexity index is 1000. The summed E-state index contributed by atoms with van der Waals surface area (Å²) < 4.78 is 0. The van der Waals surface area contributed by atoms with Gasteiger partial charge in [-0.2, -0.15) is 5.10 Å². The third-order valence-corrected chi connectivity index (χ3v) is 7.75. The maximum atomic E-state index is 13.3. The van der Waals surface area contributed by atoms with E-state index >= 15 is 0 Å². The molecule has 2 aromatic rings. The molecule has 2 amide bonds. The van der Waals surface area contributed by atoms with Crippen molar-refractivity contribution in [3.63, 3.8) is 0 Å². The Balaban J connectivity index is 1.18. The van der Waals surface area contributed by atoms with Crippen LogP contribution in [0.2, 0.25) is 5.02 Å². The van der Waals surface area contributed by atoms with Crippen molar-refractivity contribution < 1.29 is 9.59 Å². The lowest BCUT2D eigenvalue weighted by molar-refractivity contribution is -0.130. The van der Waals surface area contributed by atoms with Crippen LogP contribution in [0, 0.1) is 11.8 Å². The molecule has 2 N–H and O–H groups in total. The van der Waals surface area contributed by atoms with Gasteiger partial charge in [0, 0.05) is 44.2 Å². The number of rotatable bonds is 6. The number of hydrogen-bond acceptors (Lipinski definition) is 4. The molecule has 3 saturated heterocycles. The number of nitrogens with one attached hydrogen (secondary N) is 2. The van der Waals surface area contributed by atoms with Crippen molar-refractivity contribution >= 4 is 23.4 Å². The van der Waals surface area contributed by atoms with Crippen molar-refractivity contribution in [1.29, 1.82) is 0 Å². The number of hydrogen-bond donors (Lipinski definition) is 2. The quantitative estimate of drug-likeness (QED) is 0.677. The van der Waals surface area contributed by atoms with E-state index < -0.39 is 0 Å². The van der Waals surface area contributed by atoms with Crippen LogP contribution in [-0.2, 0) is 4.79 Å². The van der Waals surface area contributed by atoms with Gasteiger partial charge in [0.1, 0.15) is 5.69 Å². The van der Waals surface area contributed by atoms with Gasteiger partial charge in [0.05, 0.1) is 10.7 Å². The summed E-state index contributed by atoms with van der Waals surface area (Å²) >= 11 is 6.30. The second kappa shape index (κ2) is 9.85. The van der Waals surface area contributed by atoms with E-state index in [4.69, 9.17) is 11.6 Å². The molecule has 0 aliphatic carbocycles. The third-order valence-electron chi connectivity index (χ3n) is 7.42. The Kier molecular flexibility index (Phi) is 6.69. The first kappa shape index (κ1) is 22.4. The van der Waals surface area contributed by atoms with Gasteiger partial charge in [-0.25, -0.2) is 0 Å². The average molecular weight is 470 g/mol. The molecule has 4 heterocycles. The summed E-state index contributed by atoms with van der Waals surface area (Å²) in [7, 11) is 0. The number of carbonyl (C=O) groups is 2. The molecule has 3 fully saturated rings. The fourth-order valence-electron chi connectivity index (χ4n) is 5.68. The van der Waals surface area contributed by atoms with E-state index in [-0.39, 0.29) is 5.91 Å². The van der Waals surface area contributed by atoms with Crippen molar-refractivity contribution in [1.82, 2.24) is 25.3 Å². The number of amides is 2. The van der Waals surface area contributed by atoms with Gasteiger partial charge in [-0.05, 0) is 62.6 Å². The van der Waals surface area contributed by atoms with Crippen LogP contribution in [0.25, 0.3) is 11.3 Å². The van der Waals surface area contributed by atoms with Gasteiger partial charge in [0.25, 0.3) is 5.91 Å². The normalized spacial score (nSPS) is 24.8. The SMILES string of the molecule is O=C(CCC[C@H]1NCC2CC1CN(C(=O)c1cc(-c3ccccc3Cl)n[nH]1)C2)N1CCCC1. The zero-order valence-electron chi connectivity index (χ0n) is 18.9. The van der Waals surface area contributed by atoms with Crippen LogP contribution < -0.4 is 5.32 Å². The lowest BCUT2D eigenvalue weighted by Crippen LogP contribution is -2.57. The van der Waals surface area contributed by atoms with Crippen molar-refractivity contribution in [2.24, 2.45) is 11.8 Å². The average Bonchev–Trinajstić information content (AvgIpc) is 3.53. The van der Waals surface area contributed by atoms with Gasteiger partial charge in [-0.15, -0.1) is 0 Å². The minimum atomic E-state index is 0.000338. The van der Waals surface area contributed by atoms with Crippen molar-refractivity contribution in [3.8, 4) is 11.3 Å². The summed E-state index contributed by atoms with van der Waals surface area (Å²) in [5, 5.41) is 11.6. The Morgan fingerprint density at radius 2 is 1.94 bits per heavy atom. The highest BCUT2D eigenvalue weighted by molar-refractivity contribution is 6.33. The number of piperidine rings is 2. The molecule has 3 atom stereocenters. The highest BCUT2D eigenvalue weighted by Crippen LogP contribution is 2.32. The van der Waals surface area contributed by atoms with Crippen LogP contribution in [0.5, 0.6) is 0 Å². The summed E-state index contributed by atoms with van der Waals surface area (Å²) in [5.74, 6) is 1.20. The Morgan fingerprint density at radius 1 is 1.12 bits per heavy atom. The molecule has 2 bridgehead atoms. The van der Waals surface area contributed by atoms with Gasteiger partial charge < -0.3 is 15.1 Å². The number of aromatic nitrogens is 2. The Hall–Kier alpha value is -2.38. The number of aromatic amines is 1. The van der Waals surface area contributed by atoms with Crippen LogP contribution in [0.15, 0.2) is 30.3 Å². The van der Waals surface area contributed by atoms with Crippen LogP contribution in [0.4, 0.5) is 0 Å². The summed E-state index contributed by atoms with van der Waals surface area (Å²) in [6.45, 7) is 4.29. The Morgan fingerprint density at radius 3 is 2.76 bits per heavy atom. The predicted molar refractivity (Wildman–Crippen MR) is 128 cm³/mol. The lowest BCUT2D eigenvalue weighted by Gasteiger charge is -2.46. The van der Waals surface area contributed by atoms with Gasteiger partial charge >= 0.3 is 0 Å². The van der Waals surface area contributed by atoms with E-state index in [0.717, 1.165) is 70.4 Å². The standard InChI is InChI=1S/C25H32ClN5O2/c26-20-7-2-1-6-19(20)22-13-23(29-28-22)25(33)31-15-17-12-18(16-31)21(27-14-17)8-5-9-24(32)30-10-3-4-11-30/h1-2,6-7,13,17-18,21,27H,3-5,8-12,14-16H2,(H,28,29)/t17?,18?,21-/m1/s1. The van der Waals surface area contributed by atoms with Crippen molar-refractivity contribution in [2.45, 2.75) is 44.6 Å². The molecule has 7 nitrogen and oxygen atoms in total. The summed E-state index contributed by atoms with van der Waals surface area (Å²) in [6, 6.07) is 9.68. The van der Waals surface area contributed by atoms with Crippen LogP contribution in [-0.4, -0.2) is 70.6 Å². The van der Waals surface area contributed by atoms with Crippen molar-refractivity contribution in [3.05, 3.63) is 41.0 Å². The molecule has 0 radical (unpaired) electrons. The Labute approximate surface area is 199 Å². The molecule has 5 rings (SSSR count).